The van der Waals surface area contributed by atoms with Crippen LogP contribution >= 0.6 is 0 Å². The molecule has 1 aliphatic rings. The molecule has 0 amide bonds. The van der Waals surface area contributed by atoms with E-state index in [1.54, 1.807) is 13.8 Å². The van der Waals surface area contributed by atoms with Crippen molar-refractivity contribution in [1.29, 1.82) is 0 Å². The maximum absolute atomic E-state index is 10.6. The van der Waals surface area contributed by atoms with Crippen LogP contribution in [-0.4, -0.2) is 12.3 Å². The summed E-state index contributed by atoms with van der Waals surface area (Å²) in [6.07, 6.45) is 6.18. The second-order valence-corrected chi connectivity index (χ2v) is 7.25. The van der Waals surface area contributed by atoms with Gasteiger partial charge in [-0.3, -0.25) is 4.79 Å². The fraction of sp³-hybridized carbons (Fsp3) is 0.409. The minimum atomic E-state index is -0.967. The molecular formula is C22H26O3. The maximum atomic E-state index is 10.6. The molecule has 0 unspecified atom stereocenters. The largest absolute Gasteiger partial charge is 0.453 e. The average Bonchev–Trinajstić information content (AvgIpc) is 2.63. The predicted octanol–water partition coefficient (Wildman–Crippen LogP) is 5.22. The molecule has 1 saturated carbocycles. The lowest BCUT2D eigenvalue weighted by Crippen LogP contribution is -2.32. The molecule has 132 valence electrons. The highest BCUT2D eigenvalue weighted by atomic mass is 16.7. The van der Waals surface area contributed by atoms with Crippen LogP contribution in [0.15, 0.2) is 54.6 Å². The fourth-order valence-corrected chi connectivity index (χ4v) is 3.92. The van der Waals surface area contributed by atoms with E-state index in [4.69, 9.17) is 9.47 Å². The van der Waals surface area contributed by atoms with E-state index in [2.05, 4.69) is 42.5 Å². The third-order valence-electron chi connectivity index (χ3n) is 5.14. The van der Waals surface area contributed by atoms with Gasteiger partial charge in [0.15, 0.2) is 0 Å². The van der Waals surface area contributed by atoms with E-state index in [0.717, 1.165) is 0 Å². The Morgan fingerprint density at radius 1 is 0.880 bits per heavy atom. The van der Waals surface area contributed by atoms with Crippen molar-refractivity contribution in [3.8, 4) is 5.75 Å². The first-order valence-electron chi connectivity index (χ1n) is 9.02. The zero-order valence-electron chi connectivity index (χ0n) is 15.0. The molecule has 0 aromatic heterocycles. The highest BCUT2D eigenvalue weighted by Crippen LogP contribution is 2.45. The summed E-state index contributed by atoms with van der Waals surface area (Å²) in [5.41, 5.74) is 2.82. The van der Waals surface area contributed by atoms with Gasteiger partial charge >= 0.3 is 0 Å². The molecule has 1 fully saturated rings. The Morgan fingerprint density at radius 2 is 1.48 bits per heavy atom. The van der Waals surface area contributed by atoms with Crippen molar-refractivity contribution < 1.29 is 14.3 Å². The zero-order chi connectivity index (χ0) is 17.8. The summed E-state index contributed by atoms with van der Waals surface area (Å²) in [5, 5.41) is 0. The van der Waals surface area contributed by atoms with Crippen LogP contribution in [0.3, 0.4) is 0 Å². The second-order valence-electron chi connectivity index (χ2n) is 7.25. The predicted molar refractivity (Wildman–Crippen MR) is 98.6 cm³/mol. The summed E-state index contributed by atoms with van der Waals surface area (Å²) >= 11 is 0. The van der Waals surface area contributed by atoms with Gasteiger partial charge in [0, 0.05) is 19.3 Å². The van der Waals surface area contributed by atoms with Crippen molar-refractivity contribution in [3.05, 3.63) is 65.7 Å². The summed E-state index contributed by atoms with van der Waals surface area (Å²) in [6.45, 7) is 3.87. The van der Waals surface area contributed by atoms with E-state index >= 15 is 0 Å². The van der Waals surface area contributed by atoms with Crippen LogP contribution in [0, 0.1) is 0 Å². The van der Waals surface area contributed by atoms with Gasteiger partial charge in [-0.25, -0.2) is 0 Å². The van der Waals surface area contributed by atoms with Gasteiger partial charge in [-0.2, -0.15) is 0 Å². The smallest absolute Gasteiger partial charge is 0.296 e. The molecule has 3 rings (SSSR count). The summed E-state index contributed by atoms with van der Waals surface area (Å²) in [5.74, 6) is -0.264. The van der Waals surface area contributed by atoms with Crippen molar-refractivity contribution in [2.75, 3.05) is 0 Å². The molecule has 0 N–H and O–H groups in total. The molecule has 0 atom stereocenters. The molecular weight excluding hydrogens is 312 g/mol. The van der Waals surface area contributed by atoms with Gasteiger partial charge in [0.2, 0.25) is 5.79 Å². The lowest BCUT2D eigenvalue weighted by molar-refractivity contribution is -0.170. The zero-order valence-corrected chi connectivity index (χ0v) is 15.0. The van der Waals surface area contributed by atoms with Crippen LogP contribution in [0.1, 0.15) is 57.1 Å². The number of benzene rings is 2. The van der Waals surface area contributed by atoms with Gasteiger partial charge in [-0.15, -0.1) is 0 Å². The normalized spacial score (nSPS) is 16.9. The second kappa shape index (κ2) is 7.30. The third kappa shape index (κ3) is 3.87. The van der Waals surface area contributed by atoms with E-state index in [0.29, 0.717) is 12.2 Å². The van der Waals surface area contributed by atoms with Crippen LogP contribution < -0.4 is 4.74 Å². The summed E-state index contributed by atoms with van der Waals surface area (Å²) in [6, 6.07) is 19.1. The summed E-state index contributed by atoms with van der Waals surface area (Å²) < 4.78 is 10.7. The summed E-state index contributed by atoms with van der Waals surface area (Å²) in [4.78, 5) is 10.6. The van der Waals surface area contributed by atoms with Gasteiger partial charge in [0.05, 0.1) is 0 Å². The first kappa shape index (κ1) is 17.5. The fourth-order valence-electron chi connectivity index (χ4n) is 3.92. The Hall–Kier alpha value is -2.29. The quantitative estimate of drug-likeness (QED) is 0.535. The van der Waals surface area contributed by atoms with Crippen LogP contribution in [0.5, 0.6) is 5.75 Å². The average molecular weight is 338 g/mol. The first-order chi connectivity index (χ1) is 12.1. The molecule has 3 heteroatoms. The molecule has 0 saturated heterocycles. The van der Waals surface area contributed by atoms with Crippen molar-refractivity contribution in [2.24, 2.45) is 0 Å². The molecule has 2 aromatic rings. The van der Waals surface area contributed by atoms with Crippen molar-refractivity contribution >= 4 is 6.47 Å². The molecule has 1 aliphatic carbocycles. The number of ether oxygens (including phenoxy) is 2. The van der Waals surface area contributed by atoms with Gasteiger partial charge < -0.3 is 9.47 Å². The van der Waals surface area contributed by atoms with Crippen molar-refractivity contribution in [2.45, 2.75) is 57.2 Å². The number of rotatable bonds is 6. The lowest BCUT2D eigenvalue weighted by atomic mass is 9.65. The Kier molecular flexibility index (Phi) is 5.12. The monoisotopic (exact) mass is 338 g/mol. The number of carbonyl (C=O) groups excluding carboxylic acids is 1. The number of carbonyl (C=O) groups is 1. The van der Waals surface area contributed by atoms with Gasteiger partial charge in [0.25, 0.3) is 6.47 Å². The van der Waals surface area contributed by atoms with E-state index in [9.17, 15) is 4.79 Å². The highest BCUT2D eigenvalue weighted by Gasteiger charge is 2.35. The minimum Gasteiger partial charge on any atom is -0.453 e. The Bertz CT molecular complexity index is 683. The lowest BCUT2D eigenvalue weighted by Gasteiger charge is -2.38. The van der Waals surface area contributed by atoms with Crippen molar-refractivity contribution in [1.82, 2.24) is 0 Å². The Balaban J connectivity index is 1.89. The number of hydrogen-bond donors (Lipinski definition) is 0. The first-order valence-corrected chi connectivity index (χ1v) is 9.02. The van der Waals surface area contributed by atoms with E-state index in [1.807, 2.05) is 12.1 Å². The standard InChI is InChI=1S/C22H26O3/c1-21(2,24-17-23)25-20-13-11-19(12-14-20)22(15-7-4-8-16-22)18-9-5-3-6-10-18/h3,5-6,9-14,17H,4,7-8,15-16H2,1-2H3. The van der Waals surface area contributed by atoms with E-state index in [-0.39, 0.29) is 5.41 Å². The molecule has 0 bridgehead atoms. The van der Waals surface area contributed by atoms with Crippen LogP contribution in [0.4, 0.5) is 0 Å². The molecule has 2 aromatic carbocycles. The summed E-state index contributed by atoms with van der Waals surface area (Å²) in [7, 11) is 0. The molecule has 25 heavy (non-hydrogen) atoms. The maximum Gasteiger partial charge on any atom is 0.296 e. The topological polar surface area (TPSA) is 35.5 Å². The molecule has 0 radical (unpaired) electrons. The van der Waals surface area contributed by atoms with E-state index in [1.165, 1.54) is 43.2 Å². The van der Waals surface area contributed by atoms with Crippen LogP contribution in [-0.2, 0) is 14.9 Å². The minimum absolute atomic E-state index is 0.0901. The highest BCUT2D eigenvalue weighted by molar-refractivity contribution is 5.42. The third-order valence-corrected chi connectivity index (χ3v) is 5.14. The van der Waals surface area contributed by atoms with Gasteiger partial charge in [-0.05, 0) is 36.1 Å². The molecule has 0 heterocycles. The van der Waals surface area contributed by atoms with Crippen LogP contribution in [0.25, 0.3) is 0 Å². The molecule has 0 spiro atoms. The molecule has 0 aliphatic heterocycles. The number of hydrogen-bond acceptors (Lipinski definition) is 3. The van der Waals surface area contributed by atoms with Gasteiger partial charge in [-0.1, -0.05) is 61.7 Å². The van der Waals surface area contributed by atoms with Crippen LogP contribution in [0.2, 0.25) is 0 Å². The molecule has 3 nitrogen and oxygen atoms in total. The Labute approximate surface area is 150 Å². The van der Waals surface area contributed by atoms with Gasteiger partial charge in [0.1, 0.15) is 5.75 Å². The van der Waals surface area contributed by atoms with Crippen molar-refractivity contribution in [3.63, 3.8) is 0 Å². The Morgan fingerprint density at radius 3 is 2.08 bits per heavy atom. The van der Waals surface area contributed by atoms with E-state index < -0.39 is 5.79 Å². The SMILES string of the molecule is CC(C)(OC=O)Oc1ccc(C2(c3ccccc3)CCCCC2)cc1.